The van der Waals surface area contributed by atoms with Crippen molar-refractivity contribution in [2.45, 2.75) is 6.04 Å². The fraction of sp³-hybridized carbons (Fsp3) is 0.733. The number of nitrogens with one attached hydrogen (secondary N) is 2. The molecular weight excluding hydrogens is 346 g/mol. The molecule has 0 spiro atoms. The Morgan fingerprint density at radius 1 is 1.21 bits per heavy atom. The minimum Gasteiger partial charge on any atom is -0.314 e. The maximum atomic E-state index is 12.6. The molecule has 0 amide bonds. The number of thiophene rings is 1. The Bertz CT molecular complexity index is 593. The molecule has 3 rings (SSSR count). The molecule has 0 radical (unpaired) electrons. The van der Waals surface area contributed by atoms with Crippen molar-refractivity contribution in [3.05, 3.63) is 22.4 Å². The van der Waals surface area contributed by atoms with Gasteiger partial charge in [-0.05, 0) is 18.5 Å². The number of hydrogen-bond acceptors (Lipinski definition) is 6. The third kappa shape index (κ3) is 4.54. The van der Waals surface area contributed by atoms with Crippen molar-refractivity contribution in [1.29, 1.82) is 0 Å². The Labute approximate surface area is 148 Å². The van der Waals surface area contributed by atoms with Gasteiger partial charge in [0.05, 0.1) is 6.04 Å². The van der Waals surface area contributed by atoms with Crippen LogP contribution in [0.5, 0.6) is 0 Å². The summed E-state index contributed by atoms with van der Waals surface area (Å²) in [6.45, 7) is 6.90. The zero-order valence-corrected chi connectivity index (χ0v) is 15.8. The average molecular weight is 374 g/mol. The Hall–Kier alpha value is -0.550. The van der Waals surface area contributed by atoms with Gasteiger partial charge >= 0.3 is 0 Å². The fourth-order valence-electron chi connectivity index (χ4n) is 3.18. The van der Waals surface area contributed by atoms with Gasteiger partial charge in [-0.3, -0.25) is 4.90 Å². The van der Waals surface area contributed by atoms with Crippen molar-refractivity contribution in [2.75, 3.05) is 66.0 Å². The molecule has 1 atom stereocenters. The van der Waals surface area contributed by atoms with Crippen LogP contribution in [0.4, 0.5) is 0 Å². The molecule has 2 fully saturated rings. The summed E-state index contributed by atoms with van der Waals surface area (Å²) in [6.07, 6.45) is 0. The maximum Gasteiger partial charge on any atom is 0.279 e. The minimum absolute atomic E-state index is 0.108. The highest BCUT2D eigenvalue weighted by atomic mass is 32.2. The maximum absolute atomic E-state index is 12.6. The molecule has 7 nitrogen and oxygen atoms in total. The first-order chi connectivity index (χ1) is 11.6. The predicted octanol–water partition coefficient (Wildman–Crippen LogP) is -0.224. The molecule has 1 unspecified atom stereocenters. The van der Waals surface area contributed by atoms with Gasteiger partial charge in [0.1, 0.15) is 0 Å². The van der Waals surface area contributed by atoms with E-state index in [1.54, 1.807) is 15.6 Å². The van der Waals surface area contributed by atoms with E-state index >= 15 is 0 Å². The molecule has 0 aromatic carbocycles. The molecule has 136 valence electrons. The third-order valence-electron chi connectivity index (χ3n) is 4.73. The van der Waals surface area contributed by atoms with Gasteiger partial charge < -0.3 is 10.2 Å². The molecule has 0 saturated carbocycles. The van der Waals surface area contributed by atoms with Crippen LogP contribution in [0.15, 0.2) is 17.5 Å². The SMILES string of the molecule is CN1CCN(C(CNS(=O)(=O)N2CCNCC2)c2cccs2)CC1. The number of hydrogen-bond donors (Lipinski definition) is 2. The van der Waals surface area contributed by atoms with E-state index in [0.29, 0.717) is 32.7 Å². The van der Waals surface area contributed by atoms with Crippen molar-refractivity contribution in [3.8, 4) is 0 Å². The Morgan fingerprint density at radius 2 is 1.92 bits per heavy atom. The standard InChI is InChI=1S/C15H27N5O2S2/c1-18-8-10-19(11-9-18)14(15-3-2-12-23-15)13-17-24(21,22)20-6-4-16-5-7-20/h2-3,12,14,16-17H,4-11,13H2,1H3. The molecule has 24 heavy (non-hydrogen) atoms. The lowest BCUT2D eigenvalue weighted by Gasteiger charge is -2.38. The lowest BCUT2D eigenvalue weighted by molar-refractivity contribution is 0.114. The highest BCUT2D eigenvalue weighted by Gasteiger charge is 2.28. The van der Waals surface area contributed by atoms with E-state index in [2.05, 4.69) is 38.3 Å². The van der Waals surface area contributed by atoms with Gasteiger partial charge in [-0.25, -0.2) is 4.72 Å². The van der Waals surface area contributed by atoms with Gasteiger partial charge in [-0.2, -0.15) is 12.7 Å². The van der Waals surface area contributed by atoms with Gasteiger partial charge in [0.15, 0.2) is 0 Å². The fourth-order valence-corrected chi connectivity index (χ4v) is 5.26. The van der Waals surface area contributed by atoms with Crippen molar-refractivity contribution in [2.24, 2.45) is 0 Å². The predicted molar refractivity (Wildman–Crippen MR) is 97.5 cm³/mol. The number of piperazine rings is 2. The van der Waals surface area contributed by atoms with Gasteiger partial charge in [0.2, 0.25) is 0 Å². The van der Waals surface area contributed by atoms with Crippen molar-refractivity contribution >= 4 is 21.5 Å². The summed E-state index contributed by atoms with van der Waals surface area (Å²) in [5.74, 6) is 0. The highest BCUT2D eigenvalue weighted by molar-refractivity contribution is 7.87. The van der Waals surface area contributed by atoms with E-state index in [-0.39, 0.29) is 6.04 Å². The number of likely N-dealkylation sites (N-methyl/N-ethyl adjacent to an activating group) is 1. The molecule has 2 aliphatic heterocycles. The zero-order valence-electron chi connectivity index (χ0n) is 14.1. The van der Waals surface area contributed by atoms with Crippen LogP contribution >= 0.6 is 11.3 Å². The van der Waals surface area contributed by atoms with Crippen LogP contribution in [0.1, 0.15) is 10.9 Å². The van der Waals surface area contributed by atoms with Gasteiger partial charge in [-0.1, -0.05) is 6.07 Å². The van der Waals surface area contributed by atoms with E-state index in [9.17, 15) is 8.42 Å². The summed E-state index contributed by atoms with van der Waals surface area (Å²) in [6, 6.07) is 4.25. The number of rotatable bonds is 6. The molecular formula is C15H27N5O2S2. The van der Waals surface area contributed by atoms with E-state index in [1.807, 2.05) is 6.07 Å². The zero-order chi connectivity index (χ0) is 17.0. The van der Waals surface area contributed by atoms with Gasteiger partial charge in [0.25, 0.3) is 10.2 Å². The van der Waals surface area contributed by atoms with Crippen LogP contribution in [0.3, 0.4) is 0 Å². The van der Waals surface area contributed by atoms with Crippen LogP contribution < -0.4 is 10.0 Å². The van der Waals surface area contributed by atoms with Crippen molar-refractivity contribution in [3.63, 3.8) is 0 Å². The first kappa shape index (κ1) is 18.2. The number of nitrogens with zero attached hydrogens (tertiary/aromatic N) is 3. The second-order valence-corrected chi connectivity index (χ2v) is 9.11. The first-order valence-corrected chi connectivity index (χ1v) is 10.8. The van der Waals surface area contributed by atoms with E-state index in [4.69, 9.17) is 0 Å². The largest absolute Gasteiger partial charge is 0.314 e. The monoisotopic (exact) mass is 373 g/mol. The van der Waals surface area contributed by atoms with Crippen molar-refractivity contribution in [1.82, 2.24) is 24.1 Å². The van der Waals surface area contributed by atoms with Gasteiger partial charge in [0, 0.05) is 63.8 Å². The first-order valence-electron chi connectivity index (χ1n) is 8.48. The lowest BCUT2D eigenvalue weighted by atomic mass is 10.2. The van der Waals surface area contributed by atoms with E-state index < -0.39 is 10.2 Å². The second kappa shape index (κ2) is 8.22. The van der Waals surface area contributed by atoms with Crippen LogP contribution in [-0.2, 0) is 10.2 Å². The molecule has 2 saturated heterocycles. The van der Waals surface area contributed by atoms with Crippen LogP contribution in [-0.4, -0.2) is 88.5 Å². The van der Waals surface area contributed by atoms with Gasteiger partial charge in [-0.15, -0.1) is 11.3 Å². The molecule has 1 aromatic rings. The smallest absolute Gasteiger partial charge is 0.279 e. The van der Waals surface area contributed by atoms with Crippen LogP contribution in [0.25, 0.3) is 0 Å². The average Bonchev–Trinajstić information content (AvgIpc) is 3.12. The Morgan fingerprint density at radius 3 is 2.54 bits per heavy atom. The second-order valence-electron chi connectivity index (χ2n) is 6.37. The summed E-state index contributed by atoms with van der Waals surface area (Å²) < 4.78 is 29.5. The summed E-state index contributed by atoms with van der Waals surface area (Å²) in [4.78, 5) is 5.93. The lowest BCUT2D eigenvalue weighted by Crippen LogP contribution is -2.53. The summed E-state index contributed by atoms with van der Waals surface area (Å²) in [5, 5.41) is 5.24. The normalized spacial score (nSPS) is 23.4. The molecule has 0 bridgehead atoms. The molecule has 9 heteroatoms. The highest BCUT2D eigenvalue weighted by Crippen LogP contribution is 2.26. The van der Waals surface area contributed by atoms with Crippen molar-refractivity contribution < 1.29 is 8.42 Å². The summed E-state index contributed by atoms with van der Waals surface area (Å²) >= 11 is 1.70. The Kier molecular flexibility index (Phi) is 6.25. The van der Waals surface area contributed by atoms with E-state index in [1.165, 1.54) is 4.88 Å². The minimum atomic E-state index is -3.41. The van der Waals surface area contributed by atoms with Crippen LogP contribution in [0.2, 0.25) is 0 Å². The molecule has 1 aromatic heterocycles. The quantitative estimate of drug-likeness (QED) is 0.721. The molecule has 2 N–H and O–H groups in total. The topological polar surface area (TPSA) is 67.9 Å². The molecule has 0 aliphatic carbocycles. The van der Waals surface area contributed by atoms with Crippen LogP contribution in [0, 0.1) is 0 Å². The summed E-state index contributed by atoms with van der Waals surface area (Å²) in [7, 11) is -1.28. The summed E-state index contributed by atoms with van der Waals surface area (Å²) in [5.41, 5.74) is 0. The van der Waals surface area contributed by atoms with E-state index in [0.717, 1.165) is 26.2 Å². The molecule has 3 heterocycles. The molecule has 2 aliphatic rings. The Balaban J connectivity index is 1.66. The third-order valence-corrected chi connectivity index (χ3v) is 7.28.